The van der Waals surface area contributed by atoms with Gasteiger partial charge in [-0.2, -0.15) is 0 Å². The van der Waals surface area contributed by atoms with E-state index in [9.17, 15) is 5.11 Å². The first-order chi connectivity index (χ1) is 6.33. The summed E-state index contributed by atoms with van der Waals surface area (Å²) in [6.07, 6.45) is 3.29. The number of aliphatic hydroxyl groups excluding tert-OH is 1. The molecule has 0 aromatic carbocycles. The van der Waals surface area contributed by atoms with Gasteiger partial charge in [0.2, 0.25) is 0 Å². The first-order valence-electron chi connectivity index (χ1n) is 5.42. The van der Waals surface area contributed by atoms with E-state index in [1.807, 2.05) is 6.92 Å². The second-order valence-corrected chi connectivity index (χ2v) is 3.93. The first-order valence-corrected chi connectivity index (χ1v) is 5.42. The highest BCUT2D eigenvalue weighted by atomic mass is 16.3. The van der Waals surface area contributed by atoms with Crippen LogP contribution in [0.2, 0.25) is 0 Å². The van der Waals surface area contributed by atoms with Crippen molar-refractivity contribution in [3.63, 3.8) is 0 Å². The second kappa shape index (κ2) is 6.35. The average molecular weight is 186 g/mol. The maximum Gasteiger partial charge on any atom is 0.0662 e. The van der Waals surface area contributed by atoms with Gasteiger partial charge in [0.1, 0.15) is 0 Å². The molecule has 2 atom stereocenters. The molecule has 1 aliphatic rings. The van der Waals surface area contributed by atoms with Crippen LogP contribution in [0, 0.1) is 5.92 Å². The zero-order chi connectivity index (χ0) is 9.52. The molecule has 0 spiro atoms. The predicted molar refractivity (Wildman–Crippen MR) is 54.8 cm³/mol. The maximum atomic E-state index is 9.31. The topological polar surface area (TPSA) is 44.3 Å². The third kappa shape index (κ3) is 4.60. The van der Waals surface area contributed by atoms with E-state index in [0.29, 0.717) is 0 Å². The highest BCUT2D eigenvalue weighted by Crippen LogP contribution is 2.07. The van der Waals surface area contributed by atoms with Gasteiger partial charge >= 0.3 is 0 Å². The lowest BCUT2D eigenvalue weighted by atomic mass is 10.00. The zero-order valence-corrected chi connectivity index (χ0v) is 8.55. The number of nitrogens with one attached hydrogen (secondary N) is 2. The van der Waals surface area contributed by atoms with Gasteiger partial charge in [0.25, 0.3) is 0 Å². The minimum absolute atomic E-state index is 0.170. The van der Waals surface area contributed by atoms with Crippen LogP contribution in [0.1, 0.15) is 26.2 Å². The minimum atomic E-state index is -0.170. The van der Waals surface area contributed by atoms with Crippen LogP contribution in [0.3, 0.4) is 0 Å². The Kier molecular flexibility index (Phi) is 5.35. The molecule has 0 aromatic heterocycles. The van der Waals surface area contributed by atoms with E-state index in [0.717, 1.165) is 32.0 Å². The van der Waals surface area contributed by atoms with E-state index in [4.69, 9.17) is 0 Å². The summed E-state index contributed by atoms with van der Waals surface area (Å²) in [5, 5.41) is 16.0. The van der Waals surface area contributed by atoms with Gasteiger partial charge in [-0.25, -0.2) is 0 Å². The molecule has 3 nitrogen and oxygen atoms in total. The van der Waals surface area contributed by atoms with Gasteiger partial charge in [-0.1, -0.05) is 6.92 Å². The van der Waals surface area contributed by atoms with Gasteiger partial charge in [0, 0.05) is 6.54 Å². The normalized spacial score (nSPS) is 25.8. The van der Waals surface area contributed by atoms with E-state index in [2.05, 4.69) is 10.6 Å². The fourth-order valence-corrected chi connectivity index (χ4v) is 1.70. The fourth-order valence-electron chi connectivity index (χ4n) is 1.70. The average Bonchev–Trinajstić information content (AvgIpc) is 2.19. The molecule has 1 heterocycles. The summed E-state index contributed by atoms with van der Waals surface area (Å²) < 4.78 is 0. The Balaban J connectivity index is 1.98. The largest absolute Gasteiger partial charge is 0.392 e. The lowest BCUT2D eigenvalue weighted by Crippen LogP contribution is -2.38. The quantitative estimate of drug-likeness (QED) is 0.580. The lowest BCUT2D eigenvalue weighted by molar-refractivity contribution is 0.164. The third-order valence-corrected chi connectivity index (χ3v) is 2.68. The Morgan fingerprint density at radius 2 is 2.46 bits per heavy atom. The SMILES string of the molecule is CCC(O)CNCC1CCCNC1. The van der Waals surface area contributed by atoms with Gasteiger partial charge in [0.05, 0.1) is 6.10 Å². The molecule has 0 saturated carbocycles. The molecule has 2 unspecified atom stereocenters. The van der Waals surface area contributed by atoms with Crippen LogP contribution in [0.4, 0.5) is 0 Å². The molecule has 0 amide bonds. The van der Waals surface area contributed by atoms with Crippen LogP contribution >= 0.6 is 0 Å². The Morgan fingerprint density at radius 3 is 3.08 bits per heavy atom. The summed E-state index contributed by atoms with van der Waals surface area (Å²) in [5.74, 6) is 0.762. The van der Waals surface area contributed by atoms with Crippen molar-refractivity contribution in [2.24, 2.45) is 5.92 Å². The number of hydrogen-bond donors (Lipinski definition) is 3. The molecule has 3 N–H and O–H groups in total. The van der Waals surface area contributed by atoms with Crippen molar-refractivity contribution in [2.45, 2.75) is 32.3 Å². The van der Waals surface area contributed by atoms with Crippen molar-refractivity contribution in [1.29, 1.82) is 0 Å². The molecule has 1 fully saturated rings. The second-order valence-electron chi connectivity index (χ2n) is 3.93. The Morgan fingerprint density at radius 1 is 1.62 bits per heavy atom. The van der Waals surface area contributed by atoms with Gasteiger partial charge in [0.15, 0.2) is 0 Å². The molecular formula is C10H22N2O. The van der Waals surface area contributed by atoms with E-state index in [1.54, 1.807) is 0 Å². The van der Waals surface area contributed by atoms with Crippen LogP contribution in [-0.2, 0) is 0 Å². The summed E-state index contributed by atoms with van der Waals surface area (Å²) in [5.41, 5.74) is 0. The molecule has 0 bridgehead atoms. The van der Waals surface area contributed by atoms with Gasteiger partial charge in [-0.3, -0.25) is 0 Å². The molecule has 1 aliphatic heterocycles. The molecule has 0 radical (unpaired) electrons. The highest BCUT2D eigenvalue weighted by Gasteiger charge is 2.12. The summed E-state index contributed by atoms with van der Waals surface area (Å²) in [4.78, 5) is 0. The number of piperidine rings is 1. The van der Waals surface area contributed by atoms with Crippen molar-refractivity contribution < 1.29 is 5.11 Å². The van der Waals surface area contributed by atoms with Crippen molar-refractivity contribution in [3.8, 4) is 0 Å². The standard InChI is InChI=1S/C10H22N2O/c1-2-10(13)8-12-7-9-4-3-5-11-6-9/h9-13H,2-8H2,1H3. The molecule has 0 aromatic rings. The monoisotopic (exact) mass is 186 g/mol. The van der Waals surface area contributed by atoms with Crippen molar-refractivity contribution in [2.75, 3.05) is 26.2 Å². The smallest absolute Gasteiger partial charge is 0.0662 e. The lowest BCUT2D eigenvalue weighted by Gasteiger charge is -2.23. The molecule has 13 heavy (non-hydrogen) atoms. The van der Waals surface area contributed by atoms with Crippen LogP contribution in [-0.4, -0.2) is 37.4 Å². The minimum Gasteiger partial charge on any atom is -0.392 e. The van der Waals surface area contributed by atoms with Crippen LogP contribution < -0.4 is 10.6 Å². The Labute approximate surface area is 80.9 Å². The third-order valence-electron chi connectivity index (χ3n) is 2.68. The summed E-state index contributed by atoms with van der Waals surface area (Å²) in [7, 11) is 0. The van der Waals surface area contributed by atoms with E-state index >= 15 is 0 Å². The maximum absolute atomic E-state index is 9.31. The molecule has 1 saturated heterocycles. The van der Waals surface area contributed by atoms with E-state index < -0.39 is 0 Å². The molecule has 78 valence electrons. The molecule has 1 rings (SSSR count). The highest BCUT2D eigenvalue weighted by molar-refractivity contribution is 4.71. The molecular weight excluding hydrogens is 164 g/mol. The van der Waals surface area contributed by atoms with Crippen molar-refractivity contribution >= 4 is 0 Å². The summed E-state index contributed by atoms with van der Waals surface area (Å²) >= 11 is 0. The van der Waals surface area contributed by atoms with Crippen molar-refractivity contribution in [3.05, 3.63) is 0 Å². The summed E-state index contributed by atoms with van der Waals surface area (Å²) in [6, 6.07) is 0. The van der Waals surface area contributed by atoms with Gasteiger partial charge in [-0.15, -0.1) is 0 Å². The summed E-state index contributed by atoms with van der Waals surface area (Å²) in [6.45, 7) is 6.11. The number of rotatable bonds is 5. The zero-order valence-electron chi connectivity index (χ0n) is 8.55. The predicted octanol–water partition coefficient (Wildman–Crippen LogP) is 0.346. The fraction of sp³-hybridized carbons (Fsp3) is 1.00. The van der Waals surface area contributed by atoms with Crippen LogP contribution in [0.25, 0.3) is 0 Å². The number of aliphatic hydroxyl groups is 1. The van der Waals surface area contributed by atoms with Gasteiger partial charge < -0.3 is 15.7 Å². The van der Waals surface area contributed by atoms with E-state index in [-0.39, 0.29) is 6.10 Å². The Hall–Kier alpha value is -0.120. The van der Waals surface area contributed by atoms with Crippen LogP contribution in [0.15, 0.2) is 0 Å². The molecule has 3 heteroatoms. The van der Waals surface area contributed by atoms with Gasteiger partial charge in [-0.05, 0) is 44.8 Å². The van der Waals surface area contributed by atoms with Crippen LogP contribution in [0.5, 0.6) is 0 Å². The first kappa shape index (κ1) is 11.0. The van der Waals surface area contributed by atoms with E-state index in [1.165, 1.54) is 19.4 Å². The number of hydrogen-bond acceptors (Lipinski definition) is 3. The molecule has 0 aliphatic carbocycles. The Bertz CT molecular complexity index is 124. The van der Waals surface area contributed by atoms with Crippen molar-refractivity contribution in [1.82, 2.24) is 10.6 Å².